The summed E-state index contributed by atoms with van der Waals surface area (Å²) >= 11 is 7.92. The van der Waals surface area contributed by atoms with Gasteiger partial charge in [-0.1, -0.05) is 60.1 Å². The lowest BCUT2D eigenvalue weighted by molar-refractivity contribution is -0.152. The summed E-state index contributed by atoms with van der Waals surface area (Å²) in [5.74, 6) is -0.816. The Morgan fingerprint density at radius 2 is 1.62 bits per heavy atom. The minimum absolute atomic E-state index is 0.284. The topological polar surface area (TPSA) is 62.7 Å². The van der Waals surface area contributed by atoms with E-state index < -0.39 is 23.3 Å². The van der Waals surface area contributed by atoms with Gasteiger partial charge in [0, 0.05) is 30.1 Å². The van der Waals surface area contributed by atoms with E-state index in [9.17, 15) is 23.1 Å². The van der Waals surface area contributed by atoms with E-state index in [1.807, 2.05) is 43.3 Å². The highest BCUT2D eigenvalue weighted by Gasteiger charge is 2.31. The molecule has 0 fully saturated rings. The fourth-order valence-electron chi connectivity index (χ4n) is 4.01. The predicted molar refractivity (Wildman–Crippen MR) is 150 cm³/mol. The van der Waals surface area contributed by atoms with Gasteiger partial charge in [-0.05, 0) is 56.2 Å². The van der Waals surface area contributed by atoms with Gasteiger partial charge in [-0.25, -0.2) is 9.78 Å². The first kappa shape index (κ1) is 29.6. The number of aromatic nitrogens is 1. The Kier molecular flexibility index (Phi) is 8.87. The highest BCUT2D eigenvalue weighted by atomic mass is 35.5. The normalized spacial score (nSPS) is 12.1. The zero-order valence-corrected chi connectivity index (χ0v) is 23.7. The highest BCUT2D eigenvalue weighted by molar-refractivity contribution is 7.15. The molecule has 0 unspecified atom stereocenters. The fourth-order valence-corrected chi connectivity index (χ4v) is 5.37. The van der Waals surface area contributed by atoms with Gasteiger partial charge in [-0.15, -0.1) is 11.3 Å². The summed E-state index contributed by atoms with van der Waals surface area (Å²) in [7, 11) is 0. The smallest absolute Gasteiger partial charge is 0.416 e. The molecule has 5 nitrogen and oxygen atoms in total. The Labute approximate surface area is 239 Å². The van der Waals surface area contributed by atoms with Crippen LogP contribution >= 0.6 is 22.9 Å². The largest absolute Gasteiger partial charge is 0.478 e. The molecule has 1 N–H and O–H groups in total. The van der Waals surface area contributed by atoms with Gasteiger partial charge >= 0.3 is 12.1 Å². The van der Waals surface area contributed by atoms with Gasteiger partial charge in [0.1, 0.15) is 10.8 Å². The molecule has 0 radical (unpaired) electrons. The van der Waals surface area contributed by atoms with Crippen molar-refractivity contribution in [2.24, 2.45) is 0 Å². The molecule has 4 rings (SSSR count). The van der Waals surface area contributed by atoms with Crippen LogP contribution in [0.3, 0.4) is 0 Å². The van der Waals surface area contributed by atoms with Crippen LogP contribution in [0.2, 0.25) is 5.02 Å². The number of hydrogen-bond acceptors (Lipinski definition) is 5. The van der Waals surface area contributed by atoms with Crippen molar-refractivity contribution >= 4 is 28.9 Å². The molecular formula is C30H28ClF3N2O3S. The summed E-state index contributed by atoms with van der Waals surface area (Å²) in [4.78, 5) is 19.3. The van der Waals surface area contributed by atoms with Gasteiger partial charge in [0.25, 0.3) is 0 Å². The van der Waals surface area contributed by atoms with E-state index in [4.69, 9.17) is 16.3 Å². The Balaban J connectivity index is 1.56. The number of aryl methyl sites for hydroxylation is 1. The summed E-state index contributed by atoms with van der Waals surface area (Å²) in [5.41, 5.74) is 1.34. The molecule has 0 aliphatic rings. The SMILES string of the molecule is Cc1nc(-c2ccc(C(F)(F)F)cc2)sc1CN(Cc1ccccc1)Cc1ccc(OC(C)(C)C(=O)O)c(Cl)c1. The number of alkyl halides is 3. The molecule has 0 atom stereocenters. The summed E-state index contributed by atoms with van der Waals surface area (Å²) in [6, 6.07) is 20.3. The van der Waals surface area contributed by atoms with Crippen molar-refractivity contribution < 1.29 is 27.8 Å². The van der Waals surface area contributed by atoms with Crippen LogP contribution in [0.5, 0.6) is 5.75 Å². The Bertz CT molecular complexity index is 1470. The van der Waals surface area contributed by atoms with Gasteiger partial charge in [0.05, 0.1) is 16.3 Å². The molecule has 1 heterocycles. The van der Waals surface area contributed by atoms with Crippen molar-refractivity contribution in [3.8, 4) is 16.3 Å². The molecule has 0 saturated heterocycles. The number of rotatable bonds is 10. The number of aliphatic carboxylic acids is 1. The van der Waals surface area contributed by atoms with Crippen LogP contribution in [0.25, 0.3) is 10.6 Å². The van der Waals surface area contributed by atoms with Crippen LogP contribution in [0.15, 0.2) is 72.8 Å². The number of carboxylic acids is 1. The fraction of sp³-hybridized carbons (Fsp3) is 0.267. The maximum atomic E-state index is 13.0. The lowest BCUT2D eigenvalue weighted by Gasteiger charge is -2.24. The summed E-state index contributed by atoms with van der Waals surface area (Å²) in [6.07, 6.45) is -4.39. The first-order valence-corrected chi connectivity index (χ1v) is 13.6. The number of carbonyl (C=O) groups is 1. The van der Waals surface area contributed by atoms with E-state index in [1.165, 1.54) is 37.3 Å². The van der Waals surface area contributed by atoms with Crippen LogP contribution in [0.4, 0.5) is 13.2 Å². The lowest BCUT2D eigenvalue weighted by Crippen LogP contribution is -2.37. The predicted octanol–water partition coefficient (Wildman–Crippen LogP) is 8.24. The minimum Gasteiger partial charge on any atom is -0.478 e. The molecule has 210 valence electrons. The number of carboxylic acid groups (broad SMARTS) is 1. The Morgan fingerprint density at radius 1 is 0.975 bits per heavy atom. The molecule has 40 heavy (non-hydrogen) atoms. The second-order valence-electron chi connectivity index (χ2n) is 9.92. The van der Waals surface area contributed by atoms with E-state index in [-0.39, 0.29) is 5.75 Å². The summed E-state index contributed by atoms with van der Waals surface area (Å²) in [6.45, 7) is 6.53. The van der Waals surface area contributed by atoms with Crippen molar-refractivity contribution in [2.75, 3.05) is 0 Å². The third-order valence-corrected chi connectivity index (χ3v) is 7.74. The van der Waals surface area contributed by atoms with Gasteiger partial charge in [-0.2, -0.15) is 13.2 Å². The number of halogens is 4. The molecule has 3 aromatic carbocycles. The average Bonchev–Trinajstić information content (AvgIpc) is 3.25. The van der Waals surface area contributed by atoms with E-state index in [1.54, 1.807) is 12.1 Å². The van der Waals surface area contributed by atoms with Gasteiger partial charge in [0.2, 0.25) is 0 Å². The van der Waals surface area contributed by atoms with Gasteiger partial charge in [-0.3, -0.25) is 4.90 Å². The molecule has 0 bridgehead atoms. The van der Waals surface area contributed by atoms with Crippen molar-refractivity contribution in [3.05, 3.63) is 105 Å². The molecular weight excluding hydrogens is 561 g/mol. The van der Waals surface area contributed by atoms with Crippen LogP contribution in [-0.2, 0) is 30.6 Å². The van der Waals surface area contributed by atoms with Crippen LogP contribution < -0.4 is 4.74 Å². The standard InChI is InChI=1S/C30H28ClF3N2O3S/c1-19-26(40-27(35-19)22-10-12-23(13-11-22)30(32,33)34)18-36(16-20-7-5-4-6-8-20)17-21-9-14-25(24(31)15-21)39-29(2,3)28(37)38/h4-15H,16-18H2,1-3H3,(H,37,38). The van der Waals surface area contributed by atoms with Crippen molar-refractivity contribution in [1.82, 2.24) is 9.88 Å². The Hall–Kier alpha value is -3.40. The number of ether oxygens (including phenoxy) is 1. The molecule has 10 heteroatoms. The lowest BCUT2D eigenvalue weighted by atomic mass is 10.1. The maximum absolute atomic E-state index is 13.0. The van der Waals surface area contributed by atoms with Gasteiger partial charge < -0.3 is 9.84 Å². The van der Waals surface area contributed by atoms with Gasteiger partial charge in [0.15, 0.2) is 5.60 Å². The maximum Gasteiger partial charge on any atom is 0.416 e. The molecule has 0 aliphatic heterocycles. The third-order valence-electron chi connectivity index (χ3n) is 6.25. The Morgan fingerprint density at radius 3 is 2.23 bits per heavy atom. The summed E-state index contributed by atoms with van der Waals surface area (Å²) in [5, 5.41) is 10.3. The average molecular weight is 589 g/mol. The van der Waals surface area contributed by atoms with E-state index in [0.29, 0.717) is 35.2 Å². The van der Waals surface area contributed by atoms with Crippen molar-refractivity contribution in [3.63, 3.8) is 0 Å². The minimum atomic E-state index is -4.39. The third kappa shape index (κ3) is 7.41. The molecule has 4 aromatic rings. The van der Waals surface area contributed by atoms with Crippen LogP contribution in [0, 0.1) is 6.92 Å². The number of thiazole rings is 1. The first-order valence-electron chi connectivity index (χ1n) is 12.4. The number of benzene rings is 3. The molecule has 0 saturated carbocycles. The monoisotopic (exact) mass is 588 g/mol. The first-order chi connectivity index (χ1) is 18.8. The quantitative estimate of drug-likeness (QED) is 0.202. The van der Waals surface area contributed by atoms with Crippen LogP contribution in [0.1, 0.15) is 41.1 Å². The van der Waals surface area contributed by atoms with Crippen LogP contribution in [-0.4, -0.2) is 26.6 Å². The van der Waals surface area contributed by atoms with E-state index in [0.717, 1.165) is 33.8 Å². The number of hydrogen-bond donors (Lipinski definition) is 1. The molecule has 0 aliphatic carbocycles. The number of nitrogens with zero attached hydrogens (tertiary/aromatic N) is 2. The summed E-state index contributed by atoms with van der Waals surface area (Å²) < 4.78 is 44.6. The second kappa shape index (κ2) is 12.0. The molecule has 1 aromatic heterocycles. The van der Waals surface area contributed by atoms with Crippen molar-refractivity contribution in [2.45, 2.75) is 52.2 Å². The van der Waals surface area contributed by atoms with Crippen molar-refractivity contribution in [1.29, 1.82) is 0 Å². The molecule has 0 amide bonds. The van der Waals surface area contributed by atoms with E-state index in [2.05, 4.69) is 9.88 Å². The zero-order chi connectivity index (χ0) is 29.1. The molecule has 0 spiro atoms. The second-order valence-corrected chi connectivity index (χ2v) is 11.4. The van der Waals surface area contributed by atoms with E-state index >= 15 is 0 Å². The zero-order valence-electron chi connectivity index (χ0n) is 22.1. The highest BCUT2D eigenvalue weighted by Crippen LogP contribution is 2.34.